The van der Waals surface area contributed by atoms with Crippen LogP contribution in [0.25, 0.3) is 0 Å². The molecule has 0 aromatic heterocycles. The lowest BCUT2D eigenvalue weighted by Gasteiger charge is -2.34. The zero-order valence-electron chi connectivity index (χ0n) is 17.4. The fourth-order valence-electron chi connectivity index (χ4n) is 3.87. The molecule has 2 aromatic rings. The number of phenols is 1. The van der Waals surface area contributed by atoms with Crippen LogP contribution in [0.4, 0.5) is 0 Å². The Morgan fingerprint density at radius 2 is 1.73 bits per heavy atom. The second kappa shape index (κ2) is 9.59. The molecule has 162 valence electrons. The van der Waals surface area contributed by atoms with E-state index in [1.165, 1.54) is 0 Å². The van der Waals surface area contributed by atoms with Gasteiger partial charge in [0.15, 0.2) is 0 Å². The van der Waals surface area contributed by atoms with Gasteiger partial charge in [-0.2, -0.15) is 4.72 Å². The van der Waals surface area contributed by atoms with Gasteiger partial charge in [0.1, 0.15) is 11.8 Å². The Morgan fingerprint density at radius 3 is 2.33 bits per heavy atom. The number of carbonyl (C=O) groups excluding carboxylic acids is 1. The smallest absolute Gasteiger partial charge is 0.245 e. The topological polar surface area (TPSA) is 90.0 Å². The largest absolute Gasteiger partial charge is 0.508 e. The van der Waals surface area contributed by atoms with Crippen molar-refractivity contribution in [2.24, 2.45) is 0 Å². The van der Waals surface area contributed by atoms with Crippen LogP contribution in [-0.2, 0) is 14.8 Å². The summed E-state index contributed by atoms with van der Waals surface area (Å²) in [6, 6.07) is 14.4. The molecule has 8 heteroatoms. The summed E-state index contributed by atoms with van der Waals surface area (Å²) < 4.78 is 26.4. The number of benzene rings is 2. The highest BCUT2D eigenvalue weighted by Crippen LogP contribution is 2.28. The van der Waals surface area contributed by atoms with Crippen LogP contribution in [0.3, 0.4) is 0 Å². The Kier molecular flexibility index (Phi) is 7.12. The maximum Gasteiger partial charge on any atom is 0.245 e. The molecule has 30 heavy (non-hydrogen) atoms. The highest BCUT2D eigenvalue weighted by atomic mass is 32.2. The summed E-state index contributed by atoms with van der Waals surface area (Å²) in [7, 11) is -1.93. The van der Waals surface area contributed by atoms with Crippen LogP contribution in [0.1, 0.15) is 36.1 Å². The predicted molar refractivity (Wildman–Crippen MR) is 116 cm³/mol. The fraction of sp³-hybridized carbons (Fsp3) is 0.409. The molecule has 0 aliphatic carbocycles. The second-order valence-corrected chi connectivity index (χ2v) is 9.58. The third-order valence-corrected chi connectivity index (χ3v) is 6.08. The molecule has 2 atom stereocenters. The monoisotopic (exact) mass is 431 g/mol. The lowest BCUT2D eigenvalue weighted by atomic mass is 10.0. The summed E-state index contributed by atoms with van der Waals surface area (Å²) >= 11 is 0. The number of phenolic OH excluding ortho intramolecular Hbond substituents is 1. The van der Waals surface area contributed by atoms with Gasteiger partial charge < -0.3 is 14.9 Å². The van der Waals surface area contributed by atoms with Gasteiger partial charge in [-0.25, -0.2) is 8.42 Å². The number of nitrogens with one attached hydrogen (secondary N) is 1. The van der Waals surface area contributed by atoms with Crippen LogP contribution in [0.5, 0.6) is 5.75 Å². The maximum absolute atomic E-state index is 13.5. The second-order valence-electron chi connectivity index (χ2n) is 7.80. The van der Waals surface area contributed by atoms with E-state index in [1.54, 1.807) is 54.4 Å². The minimum Gasteiger partial charge on any atom is -0.508 e. The summed E-state index contributed by atoms with van der Waals surface area (Å²) in [5.74, 6) is -0.215. The van der Waals surface area contributed by atoms with Crippen molar-refractivity contribution in [2.75, 3.05) is 32.9 Å². The van der Waals surface area contributed by atoms with E-state index in [-0.39, 0.29) is 17.7 Å². The number of amides is 1. The van der Waals surface area contributed by atoms with E-state index < -0.39 is 16.1 Å². The van der Waals surface area contributed by atoms with Crippen LogP contribution >= 0.6 is 0 Å². The molecule has 0 bridgehead atoms. The lowest BCUT2D eigenvalue weighted by molar-refractivity contribution is -0.134. The van der Waals surface area contributed by atoms with E-state index in [2.05, 4.69) is 9.62 Å². The Balaban J connectivity index is 1.93. The Morgan fingerprint density at radius 1 is 1.10 bits per heavy atom. The van der Waals surface area contributed by atoms with Crippen molar-refractivity contribution in [3.05, 3.63) is 65.7 Å². The van der Waals surface area contributed by atoms with Crippen LogP contribution in [-0.4, -0.2) is 62.2 Å². The Labute approximate surface area is 178 Å². The maximum atomic E-state index is 13.5. The summed E-state index contributed by atoms with van der Waals surface area (Å²) in [4.78, 5) is 17.4. The number of rotatable bonds is 8. The molecular weight excluding hydrogens is 402 g/mol. The van der Waals surface area contributed by atoms with Gasteiger partial charge in [0.05, 0.1) is 12.3 Å². The molecule has 0 spiro atoms. The number of likely N-dealkylation sites (tertiary alicyclic amines) is 1. The highest BCUT2D eigenvalue weighted by Gasteiger charge is 2.32. The molecule has 1 aliphatic rings. The molecule has 2 aromatic carbocycles. The molecule has 1 fully saturated rings. The first-order valence-electron chi connectivity index (χ1n) is 10.0. The SMILES string of the molecule is CN(C(=O)C(NS(C)(=O)=O)c1ccccc1)[C@H](CN1CCCC1)c1cccc(O)c1. The first-order chi connectivity index (χ1) is 14.2. The van der Waals surface area contributed by atoms with Crippen LogP contribution < -0.4 is 4.72 Å². The van der Waals surface area contributed by atoms with E-state index in [0.29, 0.717) is 12.1 Å². The van der Waals surface area contributed by atoms with E-state index in [9.17, 15) is 18.3 Å². The molecule has 1 aliphatic heterocycles. The van der Waals surface area contributed by atoms with Crippen molar-refractivity contribution >= 4 is 15.9 Å². The lowest BCUT2D eigenvalue weighted by Crippen LogP contribution is -2.45. The number of hydrogen-bond donors (Lipinski definition) is 2. The van der Waals surface area contributed by atoms with Crippen LogP contribution in [0.15, 0.2) is 54.6 Å². The average molecular weight is 432 g/mol. The zero-order valence-corrected chi connectivity index (χ0v) is 18.2. The molecule has 0 saturated carbocycles. The van der Waals surface area contributed by atoms with Gasteiger partial charge in [-0.1, -0.05) is 42.5 Å². The van der Waals surface area contributed by atoms with E-state index >= 15 is 0 Å². The number of aromatic hydroxyl groups is 1. The minimum atomic E-state index is -3.62. The summed E-state index contributed by atoms with van der Waals surface area (Å²) in [5.41, 5.74) is 1.39. The predicted octanol–water partition coefficient (Wildman–Crippen LogP) is 2.28. The summed E-state index contributed by atoms with van der Waals surface area (Å²) in [5, 5.41) is 9.97. The Hall–Kier alpha value is -2.42. The quantitative estimate of drug-likeness (QED) is 0.669. The van der Waals surface area contributed by atoms with Crippen LogP contribution in [0.2, 0.25) is 0 Å². The zero-order chi connectivity index (χ0) is 21.7. The average Bonchev–Trinajstić information content (AvgIpc) is 3.22. The standard InChI is InChI=1S/C22H29N3O4S/c1-24(22(27)21(23-30(2,28)29)17-9-4-3-5-10-17)20(16-25-13-6-7-14-25)18-11-8-12-19(26)15-18/h3-5,8-12,15,20-21,23,26H,6-7,13-14,16H2,1-2H3/t20-,21?/m1/s1. The minimum absolute atomic E-state index is 0.133. The fourth-order valence-corrected chi connectivity index (χ4v) is 4.54. The van der Waals surface area contributed by atoms with Crippen molar-refractivity contribution < 1.29 is 18.3 Å². The van der Waals surface area contributed by atoms with Gasteiger partial charge in [0.2, 0.25) is 15.9 Å². The van der Waals surface area contributed by atoms with Gasteiger partial charge in [-0.15, -0.1) is 0 Å². The molecule has 1 unspecified atom stereocenters. The van der Waals surface area contributed by atoms with E-state index in [4.69, 9.17) is 0 Å². The van der Waals surface area contributed by atoms with Gasteiger partial charge in [-0.3, -0.25) is 4.79 Å². The number of hydrogen-bond acceptors (Lipinski definition) is 5. The van der Waals surface area contributed by atoms with Gasteiger partial charge in [0.25, 0.3) is 0 Å². The molecular formula is C22H29N3O4S. The molecule has 1 amide bonds. The normalized spacial score (nSPS) is 16.9. The number of sulfonamides is 1. The third kappa shape index (κ3) is 5.81. The van der Waals surface area contributed by atoms with Crippen molar-refractivity contribution in [1.29, 1.82) is 0 Å². The molecule has 2 N–H and O–H groups in total. The number of carbonyl (C=O) groups is 1. The van der Waals surface area contributed by atoms with Crippen molar-refractivity contribution in [1.82, 2.24) is 14.5 Å². The summed E-state index contributed by atoms with van der Waals surface area (Å²) in [6.07, 6.45) is 3.28. The van der Waals surface area contributed by atoms with E-state index in [0.717, 1.165) is 37.8 Å². The number of likely N-dealkylation sites (N-methyl/N-ethyl adjacent to an activating group) is 1. The molecule has 1 heterocycles. The van der Waals surface area contributed by atoms with Gasteiger partial charge in [-0.05, 0) is 49.2 Å². The molecule has 3 rings (SSSR count). The summed E-state index contributed by atoms with van der Waals surface area (Å²) in [6.45, 7) is 2.54. The van der Waals surface area contributed by atoms with Crippen molar-refractivity contribution in [3.63, 3.8) is 0 Å². The van der Waals surface area contributed by atoms with Crippen molar-refractivity contribution in [2.45, 2.75) is 24.9 Å². The Bertz CT molecular complexity index is 959. The highest BCUT2D eigenvalue weighted by molar-refractivity contribution is 7.88. The van der Waals surface area contributed by atoms with Gasteiger partial charge >= 0.3 is 0 Å². The third-order valence-electron chi connectivity index (χ3n) is 5.41. The number of nitrogens with zero attached hydrogens (tertiary/aromatic N) is 2. The molecule has 1 saturated heterocycles. The first-order valence-corrected chi connectivity index (χ1v) is 11.9. The first kappa shape index (κ1) is 22.3. The van der Waals surface area contributed by atoms with Crippen LogP contribution in [0, 0.1) is 0 Å². The van der Waals surface area contributed by atoms with Crippen molar-refractivity contribution in [3.8, 4) is 5.75 Å². The van der Waals surface area contributed by atoms with E-state index in [1.807, 2.05) is 12.1 Å². The van der Waals surface area contributed by atoms with Gasteiger partial charge in [0, 0.05) is 13.6 Å². The molecule has 7 nitrogen and oxygen atoms in total. The molecule has 0 radical (unpaired) electrons.